The molecule has 1 heteroatoms. The molecule has 0 nitrogen and oxygen atoms in total. The molecule has 0 aromatic carbocycles. The molecule has 0 rings (SSSR count). The molecule has 0 unspecified atom stereocenters. The van der Waals surface area contributed by atoms with E-state index in [1.807, 2.05) is 13.0 Å². The Morgan fingerprint density at radius 2 is 1.85 bits per heavy atom. The first-order valence-corrected chi connectivity index (χ1v) is 5.58. The van der Waals surface area contributed by atoms with Gasteiger partial charge in [-0.05, 0) is 19.8 Å². The van der Waals surface area contributed by atoms with E-state index in [-0.39, 0.29) is 0 Å². The van der Waals surface area contributed by atoms with Crippen molar-refractivity contribution in [2.75, 3.05) is 5.88 Å². The van der Waals surface area contributed by atoms with Gasteiger partial charge < -0.3 is 0 Å². The maximum atomic E-state index is 5.56. The van der Waals surface area contributed by atoms with Gasteiger partial charge in [-0.1, -0.05) is 30.9 Å². The largest absolute Gasteiger partial charge is 0.127 e. The summed E-state index contributed by atoms with van der Waals surface area (Å²) in [6.07, 6.45) is 11.0. The van der Waals surface area contributed by atoms with Crippen LogP contribution in [0.25, 0.3) is 0 Å². The first-order valence-electron chi connectivity index (χ1n) is 5.04. The predicted molar refractivity (Wildman–Crippen MR) is 61.0 cm³/mol. The van der Waals surface area contributed by atoms with E-state index in [1.165, 1.54) is 19.3 Å². The van der Waals surface area contributed by atoms with Crippen molar-refractivity contribution in [3.05, 3.63) is 12.2 Å². The molecule has 0 spiro atoms. The van der Waals surface area contributed by atoms with Crippen LogP contribution in [0.1, 0.15) is 45.4 Å². The van der Waals surface area contributed by atoms with Gasteiger partial charge in [-0.15, -0.1) is 17.5 Å². The number of rotatable bonds is 6. The van der Waals surface area contributed by atoms with Crippen molar-refractivity contribution in [2.24, 2.45) is 0 Å². The lowest BCUT2D eigenvalue weighted by Gasteiger charge is -1.93. The molecule has 0 radical (unpaired) electrons. The molecular weight excluding hydrogens is 180 g/mol. The Kier molecular flexibility index (Phi) is 11.2. The van der Waals surface area contributed by atoms with E-state index in [0.717, 1.165) is 25.1 Å². The Morgan fingerprint density at radius 1 is 1.08 bits per heavy atom. The van der Waals surface area contributed by atoms with Crippen molar-refractivity contribution in [2.45, 2.75) is 45.4 Å². The van der Waals surface area contributed by atoms with Gasteiger partial charge in [0.15, 0.2) is 0 Å². The fourth-order valence-electron chi connectivity index (χ4n) is 0.999. The van der Waals surface area contributed by atoms with Gasteiger partial charge in [0.2, 0.25) is 0 Å². The van der Waals surface area contributed by atoms with Crippen LogP contribution in [0.4, 0.5) is 0 Å². The van der Waals surface area contributed by atoms with Crippen LogP contribution < -0.4 is 0 Å². The quantitative estimate of drug-likeness (QED) is 0.260. The second kappa shape index (κ2) is 11.6. The van der Waals surface area contributed by atoms with Gasteiger partial charge in [-0.2, -0.15) is 0 Å². The number of allylic oxidation sites excluding steroid dienone is 2. The van der Waals surface area contributed by atoms with Crippen LogP contribution in [0.3, 0.4) is 0 Å². The summed E-state index contributed by atoms with van der Waals surface area (Å²) in [6.45, 7) is 2.02. The third kappa shape index (κ3) is 11.6. The normalized spacial score (nSPS) is 10.0. The van der Waals surface area contributed by atoms with Gasteiger partial charge in [-0.25, -0.2) is 0 Å². The average molecular weight is 199 g/mol. The van der Waals surface area contributed by atoms with Crippen LogP contribution in [-0.4, -0.2) is 5.88 Å². The molecule has 0 bridgehead atoms. The fourth-order valence-corrected chi connectivity index (χ4v) is 1.19. The van der Waals surface area contributed by atoms with Crippen LogP contribution in [0.5, 0.6) is 0 Å². The molecule has 0 atom stereocenters. The van der Waals surface area contributed by atoms with E-state index in [9.17, 15) is 0 Å². The van der Waals surface area contributed by atoms with E-state index in [1.54, 1.807) is 0 Å². The molecule has 0 saturated carbocycles. The third-order valence-electron chi connectivity index (χ3n) is 1.77. The summed E-state index contributed by atoms with van der Waals surface area (Å²) in [5.41, 5.74) is 0. The first-order chi connectivity index (χ1) is 6.41. The molecule has 13 heavy (non-hydrogen) atoms. The zero-order valence-electron chi connectivity index (χ0n) is 8.48. The maximum Gasteiger partial charge on any atom is 0.0269 e. The zero-order chi connectivity index (χ0) is 9.78. The van der Waals surface area contributed by atoms with Crippen LogP contribution >= 0.6 is 11.6 Å². The maximum absolute atomic E-state index is 5.56. The smallest absolute Gasteiger partial charge is 0.0269 e. The number of halogens is 1. The molecule has 74 valence electrons. The van der Waals surface area contributed by atoms with E-state index in [2.05, 4.69) is 17.9 Å². The lowest BCUT2D eigenvalue weighted by molar-refractivity contribution is 0.682. The molecule has 0 aromatic heterocycles. The first kappa shape index (κ1) is 12.6. The standard InChI is InChI=1S/C12H19Cl/c1-2-3-4-5-6-7-8-9-10-11-12-13/h2-3H,4,7-12H2,1H3. The van der Waals surface area contributed by atoms with Crippen molar-refractivity contribution >= 4 is 11.6 Å². The predicted octanol–water partition coefficient (Wildman–Crippen LogP) is 4.15. The molecular formula is C12H19Cl. The highest BCUT2D eigenvalue weighted by Crippen LogP contribution is 2.02. The number of alkyl halides is 1. The molecule has 0 fully saturated rings. The highest BCUT2D eigenvalue weighted by Gasteiger charge is 1.86. The summed E-state index contributed by atoms with van der Waals surface area (Å²) >= 11 is 5.56. The van der Waals surface area contributed by atoms with Crippen molar-refractivity contribution in [1.82, 2.24) is 0 Å². The minimum absolute atomic E-state index is 0.799. The van der Waals surface area contributed by atoms with E-state index in [4.69, 9.17) is 11.6 Å². The molecule has 0 heterocycles. The van der Waals surface area contributed by atoms with Crippen LogP contribution in [0.15, 0.2) is 12.2 Å². The van der Waals surface area contributed by atoms with Crippen LogP contribution in [-0.2, 0) is 0 Å². The van der Waals surface area contributed by atoms with Crippen LogP contribution in [0.2, 0.25) is 0 Å². The minimum atomic E-state index is 0.799. The Balaban J connectivity index is 3.08. The fraction of sp³-hybridized carbons (Fsp3) is 0.667. The topological polar surface area (TPSA) is 0 Å². The SMILES string of the molecule is CC=CCC#CCCCCCCCl. The Bertz CT molecular complexity index is 171. The molecule has 0 amide bonds. The second-order valence-corrected chi connectivity index (χ2v) is 3.36. The number of hydrogen-bond acceptors (Lipinski definition) is 0. The summed E-state index contributed by atoms with van der Waals surface area (Å²) in [4.78, 5) is 0. The molecule has 0 aromatic rings. The van der Waals surface area contributed by atoms with Crippen molar-refractivity contribution in [3.63, 3.8) is 0 Å². The zero-order valence-corrected chi connectivity index (χ0v) is 9.24. The minimum Gasteiger partial charge on any atom is -0.127 e. The summed E-state index contributed by atoms with van der Waals surface area (Å²) in [7, 11) is 0. The molecule has 0 N–H and O–H groups in total. The third-order valence-corrected chi connectivity index (χ3v) is 2.03. The second-order valence-electron chi connectivity index (χ2n) is 2.98. The summed E-state index contributed by atoms with van der Waals surface area (Å²) in [6, 6.07) is 0. The van der Waals surface area contributed by atoms with Gasteiger partial charge in [0, 0.05) is 18.7 Å². The molecule has 0 aliphatic rings. The Hall–Kier alpha value is -0.410. The summed E-state index contributed by atoms with van der Waals surface area (Å²) < 4.78 is 0. The van der Waals surface area contributed by atoms with E-state index in [0.29, 0.717) is 0 Å². The van der Waals surface area contributed by atoms with Crippen molar-refractivity contribution < 1.29 is 0 Å². The molecule has 0 aliphatic heterocycles. The summed E-state index contributed by atoms with van der Waals surface area (Å²) in [5, 5.41) is 0. The lowest BCUT2D eigenvalue weighted by atomic mass is 10.1. The highest BCUT2D eigenvalue weighted by atomic mass is 35.5. The van der Waals surface area contributed by atoms with E-state index >= 15 is 0 Å². The molecule has 0 saturated heterocycles. The number of unbranched alkanes of at least 4 members (excludes halogenated alkanes) is 4. The highest BCUT2D eigenvalue weighted by molar-refractivity contribution is 6.17. The van der Waals surface area contributed by atoms with Gasteiger partial charge >= 0.3 is 0 Å². The van der Waals surface area contributed by atoms with Gasteiger partial charge in [0.25, 0.3) is 0 Å². The monoisotopic (exact) mass is 198 g/mol. The average Bonchev–Trinajstić information content (AvgIpc) is 2.16. The van der Waals surface area contributed by atoms with Gasteiger partial charge in [0.1, 0.15) is 0 Å². The van der Waals surface area contributed by atoms with Gasteiger partial charge in [0.05, 0.1) is 0 Å². The Morgan fingerprint density at radius 3 is 2.54 bits per heavy atom. The van der Waals surface area contributed by atoms with Crippen molar-refractivity contribution in [3.8, 4) is 11.8 Å². The lowest BCUT2D eigenvalue weighted by Crippen LogP contribution is -1.78. The van der Waals surface area contributed by atoms with Crippen LogP contribution in [0, 0.1) is 11.8 Å². The van der Waals surface area contributed by atoms with E-state index < -0.39 is 0 Å². The summed E-state index contributed by atoms with van der Waals surface area (Å²) in [5.74, 6) is 7.08. The van der Waals surface area contributed by atoms with Gasteiger partial charge in [-0.3, -0.25) is 0 Å². The molecule has 0 aliphatic carbocycles. The van der Waals surface area contributed by atoms with Crippen molar-refractivity contribution in [1.29, 1.82) is 0 Å². The number of hydrogen-bond donors (Lipinski definition) is 0. The Labute approximate surface area is 87.4 Å².